The summed E-state index contributed by atoms with van der Waals surface area (Å²) in [5.74, 6) is -9.88. The maximum atomic E-state index is 10.8. The normalized spacial score (nSPS) is 11.4. The van der Waals surface area contributed by atoms with Crippen LogP contribution in [0.3, 0.4) is 0 Å². The first-order valence-corrected chi connectivity index (χ1v) is 6.52. The van der Waals surface area contributed by atoms with Gasteiger partial charge in [0.2, 0.25) is 0 Å². The van der Waals surface area contributed by atoms with E-state index in [-0.39, 0.29) is 0 Å². The Morgan fingerprint density at radius 2 is 0.812 bits per heavy atom. The molecule has 0 atom stereocenters. The molecule has 27 nitrogen and oxygen atoms in total. The molecule has 27 heteroatoms. The summed E-state index contributed by atoms with van der Waals surface area (Å²) in [5.41, 5.74) is -4.46. The van der Waals surface area contributed by atoms with Crippen molar-refractivity contribution in [2.24, 2.45) is 5.41 Å². The van der Waals surface area contributed by atoms with E-state index in [9.17, 15) is 70.9 Å². The van der Waals surface area contributed by atoms with Crippen LogP contribution in [-0.2, 0) is 34.1 Å². The van der Waals surface area contributed by atoms with Gasteiger partial charge in [-0.15, -0.1) is 70.6 Å². The van der Waals surface area contributed by atoms with Gasteiger partial charge in [0.1, 0.15) is 0 Å². The van der Waals surface area contributed by atoms with Gasteiger partial charge in [-0.2, -0.15) is 0 Å². The zero-order chi connectivity index (χ0) is 25.3. The lowest BCUT2D eigenvalue weighted by Gasteiger charge is -2.47. The summed E-state index contributed by atoms with van der Waals surface area (Å²) in [5, 5.41) is 70.3. The number of nitrogens with zero attached hydrogens (tertiary/aromatic N) is 6. The lowest BCUT2D eigenvalue weighted by atomic mass is 9.83. The fourth-order valence-electron chi connectivity index (χ4n) is 1.81. The van der Waals surface area contributed by atoms with Gasteiger partial charge in [-0.3, -0.25) is 0 Å². The lowest BCUT2D eigenvalue weighted by molar-refractivity contribution is -0.994. The van der Waals surface area contributed by atoms with Gasteiger partial charge in [0.25, 0.3) is 25.4 Å². The van der Waals surface area contributed by atoms with Gasteiger partial charge in [0.05, 0.1) is 13.2 Å². The third-order valence-corrected chi connectivity index (χ3v) is 2.89. The molecule has 0 saturated heterocycles. The molecular formula is C5H6N6O21. The minimum atomic E-state index is -4.96. The molecule has 0 aliphatic carbocycles. The number of rotatable bonds is 17. The van der Waals surface area contributed by atoms with Gasteiger partial charge in [-0.25, -0.2) is 24.2 Å². The van der Waals surface area contributed by atoms with E-state index in [0.717, 1.165) is 0 Å². The van der Waals surface area contributed by atoms with Crippen LogP contribution in [0.2, 0.25) is 0 Å². The number of hydrogen-bond acceptors (Lipinski definition) is 21. The van der Waals surface area contributed by atoms with Crippen molar-refractivity contribution in [3.8, 4) is 0 Å². The number of aliphatic hydroxyl groups excluding tert-OH is 2. The predicted octanol–water partition coefficient (Wildman–Crippen LogP) is -3.55. The number of hydrogen-bond donors (Lipinski definition) is 2. The Kier molecular flexibility index (Phi) is 8.64. The van der Waals surface area contributed by atoms with Crippen molar-refractivity contribution in [2.45, 2.75) is 11.9 Å². The highest BCUT2D eigenvalue weighted by molar-refractivity contribution is 4.94. The molecule has 0 heterocycles. The van der Waals surface area contributed by atoms with Crippen molar-refractivity contribution in [3.05, 3.63) is 60.7 Å². The Balaban J connectivity index is 7.52. The second-order valence-electron chi connectivity index (χ2n) is 4.47. The average molecular weight is 486 g/mol. The second-order valence-corrected chi connectivity index (χ2v) is 4.47. The molecule has 0 bridgehead atoms. The molecule has 0 rings (SSSR count). The van der Waals surface area contributed by atoms with Crippen LogP contribution < -0.4 is 0 Å². The van der Waals surface area contributed by atoms with Crippen molar-refractivity contribution in [1.82, 2.24) is 0 Å². The summed E-state index contributed by atoms with van der Waals surface area (Å²) in [4.78, 5) is 88.3. The molecule has 0 aliphatic rings. The molecule has 182 valence electrons. The lowest BCUT2D eigenvalue weighted by Crippen LogP contribution is -2.73. The maximum Gasteiger partial charge on any atom is 0.424 e. The van der Waals surface area contributed by atoms with Crippen molar-refractivity contribution < 1.29 is 74.8 Å². The van der Waals surface area contributed by atoms with Gasteiger partial charge < -0.3 is 10.2 Å². The van der Waals surface area contributed by atoms with Crippen LogP contribution in [0.4, 0.5) is 0 Å². The van der Waals surface area contributed by atoms with Crippen LogP contribution in [0.25, 0.3) is 0 Å². The fraction of sp³-hybridized carbons (Fsp3) is 1.00. The summed E-state index contributed by atoms with van der Waals surface area (Å²) < 4.78 is 0. The van der Waals surface area contributed by atoms with E-state index in [1.165, 1.54) is 0 Å². The van der Waals surface area contributed by atoms with E-state index >= 15 is 0 Å². The minimum Gasteiger partial charge on any atom is -0.395 e. The van der Waals surface area contributed by atoms with Gasteiger partial charge >= 0.3 is 17.0 Å². The second kappa shape index (κ2) is 10.2. The molecule has 0 radical (unpaired) electrons. The van der Waals surface area contributed by atoms with Crippen LogP contribution in [-0.4, -0.2) is 65.9 Å². The SMILES string of the molecule is O=[N+]([O-])OOC(O[N+](=O)[O-])(O[N+](=O)[O-])C(CO)(CO)C(O[N+](=O)[O-])(O[N+](=O)[O-])O[N+](=O)[O-]. The zero-order valence-corrected chi connectivity index (χ0v) is 14.2. The van der Waals surface area contributed by atoms with E-state index in [1.54, 1.807) is 0 Å². The third kappa shape index (κ3) is 5.80. The first kappa shape index (κ1) is 27.1. The first-order chi connectivity index (χ1) is 14.6. The van der Waals surface area contributed by atoms with E-state index < -0.39 is 61.1 Å². The Labute approximate surface area is 167 Å². The molecule has 0 aromatic heterocycles. The highest BCUT2D eigenvalue weighted by Gasteiger charge is 2.78. The molecule has 0 fully saturated rings. The smallest absolute Gasteiger partial charge is 0.395 e. The predicted molar refractivity (Wildman–Crippen MR) is 71.6 cm³/mol. The first-order valence-electron chi connectivity index (χ1n) is 6.52. The maximum absolute atomic E-state index is 10.8. The quantitative estimate of drug-likeness (QED) is 0.0868. The molecule has 0 unspecified atom stereocenters. The van der Waals surface area contributed by atoms with Crippen LogP contribution >= 0.6 is 0 Å². The van der Waals surface area contributed by atoms with Gasteiger partial charge in [0.15, 0.2) is 5.41 Å². The average Bonchev–Trinajstić information content (AvgIpc) is 2.58. The van der Waals surface area contributed by atoms with E-state index in [0.29, 0.717) is 0 Å². The van der Waals surface area contributed by atoms with Crippen molar-refractivity contribution in [2.75, 3.05) is 13.2 Å². The molecule has 0 saturated carbocycles. The molecule has 0 aliphatic heterocycles. The number of aliphatic hydroxyl groups is 2. The van der Waals surface area contributed by atoms with Gasteiger partial charge in [0, 0.05) is 0 Å². The zero-order valence-electron chi connectivity index (χ0n) is 14.2. The fourth-order valence-corrected chi connectivity index (χ4v) is 1.81. The Morgan fingerprint density at radius 1 is 0.531 bits per heavy atom. The Hall–Kier alpha value is -4.92. The summed E-state index contributed by atoms with van der Waals surface area (Å²) in [6.45, 7) is -4.97. The minimum absolute atomic E-state index is 2.07. The summed E-state index contributed by atoms with van der Waals surface area (Å²) >= 11 is 0. The van der Waals surface area contributed by atoms with Crippen molar-refractivity contribution >= 4 is 0 Å². The van der Waals surface area contributed by atoms with Crippen molar-refractivity contribution in [1.29, 1.82) is 0 Å². The van der Waals surface area contributed by atoms with Crippen LogP contribution in [0.5, 0.6) is 0 Å². The molecule has 0 aromatic carbocycles. The Morgan fingerprint density at radius 3 is 1.03 bits per heavy atom. The summed E-state index contributed by atoms with van der Waals surface area (Å²) in [7, 11) is 0. The summed E-state index contributed by atoms with van der Waals surface area (Å²) in [6, 6.07) is 0. The van der Waals surface area contributed by atoms with Crippen LogP contribution in [0.1, 0.15) is 0 Å². The standard InChI is InChI=1S/C5H6N6O21/c12-1-3(2-13,4(26-6(14)15,27-7(16)17)28-8(18)19)5(29-9(20)21,30-10(22)23)31-32-11(24)25/h12-13H,1-2H2. The van der Waals surface area contributed by atoms with E-state index in [4.69, 9.17) is 0 Å². The topological polar surface area (TPSA) is 364 Å². The highest BCUT2D eigenvalue weighted by Crippen LogP contribution is 2.49. The summed E-state index contributed by atoms with van der Waals surface area (Å²) in [6.07, 6.45) is 0. The monoisotopic (exact) mass is 486 g/mol. The molecule has 0 spiro atoms. The molecule has 0 amide bonds. The van der Waals surface area contributed by atoms with E-state index in [2.05, 4.69) is 34.1 Å². The van der Waals surface area contributed by atoms with Crippen molar-refractivity contribution in [3.63, 3.8) is 0 Å². The van der Waals surface area contributed by atoms with E-state index in [1.807, 2.05) is 0 Å². The van der Waals surface area contributed by atoms with Crippen LogP contribution in [0.15, 0.2) is 0 Å². The Bertz CT molecular complexity index is 703. The third-order valence-electron chi connectivity index (χ3n) is 2.89. The molecule has 32 heavy (non-hydrogen) atoms. The molecule has 0 aromatic rings. The van der Waals surface area contributed by atoms with Gasteiger partial charge in [-0.1, -0.05) is 0 Å². The largest absolute Gasteiger partial charge is 0.424 e. The molecular weight excluding hydrogens is 480 g/mol. The van der Waals surface area contributed by atoms with Gasteiger partial charge in [-0.05, 0) is 0 Å². The van der Waals surface area contributed by atoms with Crippen LogP contribution in [0, 0.1) is 66.1 Å². The molecule has 2 N–H and O–H groups in total. The highest BCUT2D eigenvalue weighted by atomic mass is 17.4.